The molecule has 0 aliphatic rings. The van der Waals surface area contributed by atoms with Gasteiger partial charge < -0.3 is 10.5 Å². The van der Waals surface area contributed by atoms with E-state index in [4.69, 9.17) is 10.5 Å². The third kappa shape index (κ3) is 1.48. The number of nitrogen functional groups attached to an aromatic ring is 1. The fourth-order valence-electron chi connectivity index (χ4n) is 1.44. The van der Waals surface area contributed by atoms with E-state index >= 15 is 0 Å². The fourth-order valence-corrected chi connectivity index (χ4v) is 1.44. The van der Waals surface area contributed by atoms with E-state index in [1.807, 2.05) is 18.4 Å². The molecule has 2 rings (SSSR count). The van der Waals surface area contributed by atoms with Crippen LogP contribution in [0.5, 0.6) is 5.88 Å². The van der Waals surface area contributed by atoms with Crippen LogP contribution in [-0.2, 0) is 0 Å². The van der Waals surface area contributed by atoms with Crippen molar-refractivity contribution in [3.8, 4) is 11.7 Å². The SMILES string of the molecule is COc1ncnc(-n2cnc(C)c2C)c1N. The first kappa shape index (κ1) is 10.4. The van der Waals surface area contributed by atoms with E-state index in [1.165, 1.54) is 13.4 Å². The zero-order valence-electron chi connectivity index (χ0n) is 9.43. The van der Waals surface area contributed by atoms with Crippen LogP contribution in [0.3, 0.4) is 0 Å². The standard InChI is InChI=1S/C10H13N5O/c1-6-7(2)15(5-14-6)9-8(11)10(16-3)13-4-12-9/h4-5H,11H2,1-3H3. The molecule has 0 radical (unpaired) electrons. The number of aromatic nitrogens is 4. The maximum Gasteiger partial charge on any atom is 0.242 e. The molecule has 0 saturated carbocycles. The van der Waals surface area contributed by atoms with Crippen LogP contribution in [0.15, 0.2) is 12.7 Å². The topological polar surface area (TPSA) is 78.9 Å². The van der Waals surface area contributed by atoms with Crippen LogP contribution in [0.2, 0.25) is 0 Å². The van der Waals surface area contributed by atoms with Gasteiger partial charge in [0.15, 0.2) is 5.82 Å². The number of imidazole rings is 1. The fraction of sp³-hybridized carbons (Fsp3) is 0.300. The first-order valence-corrected chi connectivity index (χ1v) is 4.80. The minimum atomic E-state index is 0.371. The Morgan fingerprint density at radius 2 is 2.00 bits per heavy atom. The highest BCUT2D eigenvalue weighted by molar-refractivity contribution is 5.60. The van der Waals surface area contributed by atoms with E-state index in [9.17, 15) is 0 Å². The van der Waals surface area contributed by atoms with Crippen molar-refractivity contribution < 1.29 is 4.74 Å². The maximum absolute atomic E-state index is 5.91. The second-order valence-electron chi connectivity index (χ2n) is 3.41. The van der Waals surface area contributed by atoms with Crippen molar-refractivity contribution in [3.63, 3.8) is 0 Å². The Bertz CT molecular complexity index is 520. The molecule has 0 bridgehead atoms. The highest BCUT2D eigenvalue weighted by Crippen LogP contribution is 2.24. The molecule has 0 aliphatic heterocycles. The normalized spacial score (nSPS) is 10.4. The molecule has 84 valence electrons. The van der Waals surface area contributed by atoms with Crippen LogP contribution >= 0.6 is 0 Å². The van der Waals surface area contributed by atoms with Gasteiger partial charge in [0.2, 0.25) is 5.88 Å². The van der Waals surface area contributed by atoms with Crippen molar-refractivity contribution in [2.45, 2.75) is 13.8 Å². The van der Waals surface area contributed by atoms with Crippen molar-refractivity contribution in [3.05, 3.63) is 24.0 Å². The lowest BCUT2D eigenvalue weighted by molar-refractivity contribution is 0.399. The highest BCUT2D eigenvalue weighted by atomic mass is 16.5. The van der Waals surface area contributed by atoms with E-state index in [-0.39, 0.29) is 0 Å². The van der Waals surface area contributed by atoms with Crippen LogP contribution < -0.4 is 10.5 Å². The van der Waals surface area contributed by atoms with Crippen molar-refractivity contribution >= 4 is 5.69 Å². The maximum atomic E-state index is 5.91. The zero-order chi connectivity index (χ0) is 11.7. The van der Waals surface area contributed by atoms with Crippen molar-refractivity contribution in [2.75, 3.05) is 12.8 Å². The molecular weight excluding hydrogens is 206 g/mol. The highest BCUT2D eigenvalue weighted by Gasteiger charge is 2.12. The summed E-state index contributed by atoms with van der Waals surface area (Å²) in [6.07, 6.45) is 3.10. The second kappa shape index (κ2) is 3.80. The van der Waals surface area contributed by atoms with Gasteiger partial charge in [-0.2, -0.15) is 4.98 Å². The van der Waals surface area contributed by atoms with Crippen LogP contribution in [0.1, 0.15) is 11.4 Å². The predicted octanol–water partition coefficient (Wildman–Crippen LogP) is 0.870. The molecule has 0 aliphatic carbocycles. The molecule has 2 aromatic rings. The first-order valence-electron chi connectivity index (χ1n) is 4.80. The quantitative estimate of drug-likeness (QED) is 0.810. The summed E-state index contributed by atoms with van der Waals surface area (Å²) in [6.45, 7) is 3.89. The van der Waals surface area contributed by atoms with E-state index in [0.29, 0.717) is 17.4 Å². The number of hydrogen-bond acceptors (Lipinski definition) is 5. The summed E-state index contributed by atoms with van der Waals surface area (Å²) >= 11 is 0. The van der Waals surface area contributed by atoms with Crippen molar-refractivity contribution in [1.29, 1.82) is 0 Å². The van der Waals surface area contributed by atoms with Gasteiger partial charge in [0, 0.05) is 5.69 Å². The zero-order valence-corrected chi connectivity index (χ0v) is 9.43. The van der Waals surface area contributed by atoms with Crippen LogP contribution in [-0.4, -0.2) is 26.6 Å². The second-order valence-corrected chi connectivity index (χ2v) is 3.41. The lowest BCUT2D eigenvalue weighted by atomic mass is 10.3. The van der Waals surface area contributed by atoms with E-state index < -0.39 is 0 Å². The number of rotatable bonds is 2. The number of ether oxygens (including phenoxy) is 1. The van der Waals surface area contributed by atoms with E-state index in [2.05, 4.69) is 15.0 Å². The Kier molecular flexibility index (Phi) is 2.47. The minimum Gasteiger partial charge on any atom is -0.479 e. The number of anilines is 1. The average molecular weight is 219 g/mol. The number of aryl methyl sites for hydroxylation is 1. The molecule has 16 heavy (non-hydrogen) atoms. The molecule has 2 N–H and O–H groups in total. The molecule has 2 heterocycles. The summed E-state index contributed by atoms with van der Waals surface area (Å²) in [5, 5.41) is 0. The Morgan fingerprint density at radius 3 is 2.56 bits per heavy atom. The summed E-state index contributed by atoms with van der Waals surface area (Å²) < 4.78 is 6.86. The number of nitrogens with two attached hydrogens (primary N) is 1. The molecule has 0 fully saturated rings. The first-order chi connectivity index (χ1) is 7.65. The Labute approximate surface area is 93.1 Å². The Balaban J connectivity index is 2.60. The minimum absolute atomic E-state index is 0.371. The van der Waals surface area contributed by atoms with Gasteiger partial charge in [0.05, 0.1) is 12.8 Å². The van der Waals surface area contributed by atoms with Crippen LogP contribution in [0.4, 0.5) is 5.69 Å². The van der Waals surface area contributed by atoms with Gasteiger partial charge in [0.25, 0.3) is 0 Å². The molecule has 2 aromatic heterocycles. The number of hydrogen-bond donors (Lipinski definition) is 1. The number of nitrogens with zero attached hydrogens (tertiary/aromatic N) is 4. The number of methoxy groups -OCH3 is 1. The van der Waals surface area contributed by atoms with Gasteiger partial charge in [-0.3, -0.25) is 4.57 Å². The Morgan fingerprint density at radius 1 is 1.25 bits per heavy atom. The largest absolute Gasteiger partial charge is 0.479 e. The van der Waals surface area contributed by atoms with Gasteiger partial charge in [-0.15, -0.1) is 0 Å². The Hall–Kier alpha value is -2.11. The molecule has 6 heteroatoms. The van der Waals surface area contributed by atoms with Crippen LogP contribution in [0.25, 0.3) is 5.82 Å². The summed E-state index contributed by atoms with van der Waals surface area (Å²) in [5.74, 6) is 0.959. The molecule has 0 saturated heterocycles. The summed E-state index contributed by atoms with van der Waals surface area (Å²) in [4.78, 5) is 12.3. The van der Waals surface area contributed by atoms with Crippen LogP contribution in [0, 0.1) is 13.8 Å². The summed E-state index contributed by atoms with van der Waals surface area (Å²) in [5.41, 5.74) is 8.25. The van der Waals surface area contributed by atoms with Gasteiger partial charge in [-0.25, -0.2) is 9.97 Å². The molecule has 0 amide bonds. The van der Waals surface area contributed by atoms with E-state index in [1.54, 1.807) is 6.33 Å². The third-order valence-electron chi connectivity index (χ3n) is 2.50. The summed E-state index contributed by atoms with van der Waals surface area (Å²) in [7, 11) is 1.52. The molecule has 0 spiro atoms. The monoisotopic (exact) mass is 219 g/mol. The smallest absolute Gasteiger partial charge is 0.242 e. The average Bonchev–Trinajstić information content (AvgIpc) is 2.61. The molecule has 6 nitrogen and oxygen atoms in total. The molecule has 0 atom stereocenters. The lowest BCUT2D eigenvalue weighted by Crippen LogP contribution is -2.06. The van der Waals surface area contributed by atoms with Crippen molar-refractivity contribution in [2.24, 2.45) is 0 Å². The predicted molar refractivity (Wildman–Crippen MR) is 59.6 cm³/mol. The molecular formula is C10H13N5O. The molecule has 0 unspecified atom stereocenters. The van der Waals surface area contributed by atoms with Gasteiger partial charge >= 0.3 is 0 Å². The van der Waals surface area contributed by atoms with Gasteiger partial charge in [-0.05, 0) is 13.8 Å². The van der Waals surface area contributed by atoms with E-state index in [0.717, 1.165) is 11.4 Å². The lowest BCUT2D eigenvalue weighted by Gasteiger charge is -2.09. The third-order valence-corrected chi connectivity index (χ3v) is 2.50. The van der Waals surface area contributed by atoms with Gasteiger partial charge in [-0.1, -0.05) is 0 Å². The summed E-state index contributed by atoms with van der Waals surface area (Å²) in [6, 6.07) is 0. The van der Waals surface area contributed by atoms with Crippen molar-refractivity contribution in [1.82, 2.24) is 19.5 Å². The van der Waals surface area contributed by atoms with Gasteiger partial charge in [0.1, 0.15) is 18.3 Å². The molecule has 0 aromatic carbocycles.